The molecule has 7 heteroatoms. The van der Waals surface area contributed by atoms with Crippen LogP contribution < -0.4 is 15.5 Å². The van der Waals surface area contributed by atoms with Crippen LogP contribution in [0.1, 0.15) is 5.56 Å². The predicted octanol–water partition coefficient (Wildman–Crippen LogP) is 2.62. The molecule has 0 fully saturated rings. The third-order valence-corrected chi connectivity index (χ3v) is 3.16. The van der Waals surface area contributed by atoms with Crippen molar-refractivity contribution in [2.24, 2.45) is 5.10 Å². The Morgan fingerprint density at radius 3 is 2.74 bits per heavy atom. The minimum atomic E-state index is -0.321. The number of ether oxygens (including phenoxy) is 1. The van der Waals surface area contributed by atoms with Gasteiger partial charge in [-0.05, 0) is 42.5 Å². The van der Waals surface area contributed by atoms with Gasteiger partial charge in [-0.15, -0.1) is 0 Å². The van der Waals surface area contributed by atoms with Crippen LogP contribution in [0, 0.1) is 0 Å². The van der Waals surface area contributed by atoms with Gasteiger partial charge < -0.3 is 15.2 Å². The minimum absolute atomic E-state index is 0.0313. The number of nitrogens with zero attached hydrogens (tertiary/aromatic N) is 1. The lowest BCUT2D eigenvalue weighted by molar-refractivity contribution is -0.119. The van der Waals surface area contributed by atoms with Gasteiger partial charge in [0, 0.05) is 16.3 Å². The fourth-order valence-corrected chi connectivity index (χ4v) is 1.91. The lowest BCUT2D eigenvalue weighted by Crippen LogP contribution is -2.25. The number of aromatic hydroxyl groups is 1. The Morgan fingerprint density at radius 1 is 1.30 bits per heavy atom. The number of benzene rings is 2. The molecule has 0 aliphatic rings. The van der Waals surface area contributed by atoms with E-state index < -0.39 is 0 Å². The van der Waals surface area contributed by atoms with Crippen LogP contribution in [0.2, 0.25) is 5.02 Å². The summed E-state index contributed by atoms with van der Waals surface area (Å²) in [5, 5.41) is 16.8. The zero-order valence-corrected chi connectivity index (χ0v) is 13.2. The van der Waals surface area contributed by atoms with Crippen LogP contribution in [0.3, 0.4) is 0 Å². The van der Waals surface area contributed by atoms with Crippen molar-refractivity contribution in [2.75, 3.05) is 19.0 Å². The van der Waals surface area contributed by atoms with Crippen molar-refractivity contribution in [3.05, 3.63) is 53.1 Å². The number of halogens is 1. The molecule has 0 unspecified atom stereocenters. The second kappa shape index (κ2) is 8.05. The Morgan fingerprint density at radius 2 is 2.04 bits per heavy atom. The average molecular weight is 334 g/mol. The second-order valence-electron chi connectivity index (χ2n) is 4.58. The topological polar surface area (TPSA) is 83.0 Å². The molecule has 23 heavy (non-hydrogen) atoms. The summed E-state index contributed by atoms with van der Waals surface area (Å²) in [7, 11) is 1.59. The average Bonchev–Trinajstić information content (AvgIpc) is 2.56. The maximum absolute atomic E-state index is 11.7. The van der Waals surface area contributed by atoms with Crippen molar-refractivity contribution in [2.45, 2.75) is 0 Å². The van der Waals surface area contributed by atoms with Gasteiger partial charge in [0.1, 0.15) is 11.5 Å². The molecule has 0 saturated carbocycles. The van der Waals surface area contributed by atoms with Gasteiger partial charge in [-0.3, -0.25) is 4.79 Å². The first-order chi connectivity index (χ1) is 11.1. The van der Waals surface area contributed by atoms with Crippen molar-refractivity contribution >= 4 is 29.4 Å². The Kier molecular flexibility index (Phi) is 5.82. The zero-order chi connectivity index (χ0) is 16.7. The lowest BCUT2D eigenvalue weighted by Gasteiger charge is -2.06. The molecule has 2 aromatic rings. The molecule has 1 amide bonds. The molecule has 0 atom stereocenters. The number of hydrazone groups is 1. The highest BCUT2D eigenvalue weighted by atomic mass is 35.5. The molecule has 0 bridgehead atoms. The summed E-state index contributed by atoms with van der Waals surface area (Å²) >= 11 is 5.82. The Labute approximate surface area is 138 Å². The van der Waals surface area contributed by atoms with Crippen molar-refractivity contribution in [1.29, 1.82) is 0 Å². The van der Waals surface area contributed by atoms with Gasteiger partial charge in [-0.1, -0.05) is 11.6 Å². The number of carbonyl (C=O) groups is 1. The van der Waals surface area contributed by atoms with E-state index in [1.54, 1.807) is 43.5 Å². The van der Waals surface area contributed by atoms with Crippen molar-refractivity contribution in [1.82, 2.24) is 5.43 Å². The highest BCUT2D eigenvalue weighted by Gasteiger charge is 2.01. The molecule has 3 N–H and O–H groups in total. The van der Waals surface area contributed by atoms with Crippen LogP contribution >= 0.6 is 11.6 Å². The normalized spacial score (nSPS) is 10.5. The number of methoxy groups -OCH3 is 1. The van der Waals surface area contributed by atoms with E-state index >= 15 is 0 Å². The summed E-state index contributed by atoms with van der Waals surface area (Å²) in [6, 6.07) is 11.8. The third kappa shape index (κ3) is 5.19. The molecule has 0 spiro atoms. The van der Waals surface area contributed by atoms with Crippen molar-refractivity contribution < 1.29 is 14.6 Å². The number of carbonyl (C=O) groups excluding carboxylic acids is 1. The number of rotatable bonds is 6. The molecular formula is C16H16ClN3O3. The number of hydrogen-bond donors (Lipinski definition) is 3. The largest absolute Gasteiger partial charge is 0.507 e. The van der Waals surface area contributed by atoms with Crippen LogP contribution in [0.25, 0.3) is 0 Å². The molecule has 0 heterocycles. The highest BCUT2D eigenvalue weighted by molar-refractivity contribution is 6.30. The number of nitrogens with one attached hydrogen (secondary N) is 2. The van der Waals surface area contributed by atoms with Crippen LogP contribution in [0.5, 0.6) is 11.5 Å². The highest BCUT2D eigenvalue weighted by Crippen LogP contribution is 2.19. The van der Waals surface area contributed by atoms with Crippen LogP contribution in [-0.2, 0) is 4.79 Å². The van der Waals surface area contributed by atoms with E-state index in [4.69, 9.17) is 16.3 Å². The van der Waals surface area contributed by atoms with E-state index in [1.165, 1.54) is 12.3 Å². The van der Waals surface area contributed by atoms with Crippen molar-refractivity contribution in [3.8, 4) is 11.5 Å². The van der Waals surface area contributed by atoms with Gasteiger partial charge in [0.25, 0.3) is 5.91 Å². The number of hydrogen-bond acceptors (Lipinski definition) is 5. The number of phenols is 1. The molecule has 0 aliphatic carbocycles. The number of anilines is 1. The first-order valence-electron chi connectivity index (χ1n) is 6.77. The van der Waals surface area contributed by atoms with Gasteiger partial charge in [-0.2, -0.15) is 5.10 Å². The molecule has 120 valence electrons. The SMILES string of the molecule is COc1ccc(NCC(=O)NN=Cc2cc(Cl)ccc2O)cc1. The number of phenolic OH excluding ortho intramolecular Hbond substituents is 1. The van der Waals surface area contributed by atoms with E-state index in [0.29, 0.717) is 10.6 Å². The number of amides is 1. The summed E-state index contributed by atoms with van der Waals surface area (Å²) < 4.78 is 5.05. The molecule has 0 radical (unpaired) electrons. The van der Waals surface area contributed by atoms with Gasteiger partial charge >= 0.3 is 0 Å². The predicted molar refractivity (Wildman–Crippen MR) is 90.3 cm³/mol. The smallest absolute Gasteiger partial charge is 0.259 e. The third-order valence-electron chi connectivity index (χ3n) is 2.93. The fraction of sp³-hybridized carbons (Fsp3) is 0.125. The summed E-state index contributed by atoms with van der Waals surface area (Å²) in [6.07, 6.45) is 1.33. The fourth-order valence-electron chi connectivity index (χ4n) is 1.73. The van der Waals surface area contributed by atoms with Gasteiger partial charge in [0.15, 0.2) is 0 Å². The van der Waals surface area contributed by atoms with Gasteiger partial charge in [0.05, 0.1) is 19.9 Å². The molecular weight excluding hydrogens is 318 g/mol. The zero-order valence-electron chi connectivity index (χ0n) is 12.4. The maximum Gasteiger partial charge on any atom is 0.259 e. The van der Waals surface area contributed by atoms with E-state index in [9.17, 15) is 9.90 Å². The van der Waals surface area contributed by atoms with Gasteiger partial charge in [-0.25, -0.2) is 5.43 Å². The van der Waals surface area contributed by atoms with E-state index in [-0.39, 0.29) is 18.2 Å². The molecule has 0 aromatic heterocycles. The van der Waals surface area contributed by atoms with E-state index in [1.807, 2.05) is 0 Å². The maximum atomic E-state index is 11.7. The lowest BCUT2D eigenvalue weighted by atomic mass is 10.2. The van der Waals surface area contributed by atoms with Crippen LogP contribution in [-0.4, -0.2) is 30.9 Å². The summed E-state index contributed by atoms with van der Waals surface area (Å²) in [6.45, 7) is 0.0607. The molecule has 0 aliphatic heterocycles. The van der Waals surface area contributed by atoms with Crippen LogP contribution in [0.4, 0.5) is 5.69 Å². The quantitative estimate of drug-likeness (QED) is 0.560. The summed E-state index contributed by atoms with van der Waals surface area (Å²) in [5.74, 6) is 0.452. The monoisotopic (exact) mass is 333 g/mol. The first kappa shape index (κ1) is 16.6. The van der Waals surface area contributed by atoms with Crippen molar-refractivity contribution in [3.63, 3.8) is 0 Å². The minimum Gasteiger partial charge on any atom is -0.507 e. The van der Waals surface area contributed by atoms with E-state index in [2.05, 4.69) is 15.8 Å². The Hall–Kier alpha value is -2.73. The Balaban J connectivity index is 1.82. The van der Waals surface area contributed by atoms with E-state index in [0.717, 1.165) is 11.4 Å². The van der Waals surface area contributed by atoms with Crippen LogP contribution in [0.15, 0.2) is 47.6 Å². The summed E-state index contributed by atoms with van der Waals surface area (Å²) in [4.78, 5) is 11.7. The molecule has 2 rings (SSSR count). The molecule has 2 aromatic carbocycles. The Bertz CT molecular complexity index is 702. The van der Waals surface area contributed by atoms with Gasteiger partial charge in [0.2, 0.25) is 0 Å². The molecule has 6 nitrogen and oxygen atoms in total. The first-order valence-corrected chi connectivity index (χ1v) is 7.14. The standard InChI is InChI=1S/C16H16ClN3O3/c1-23-14-5-3-13(4-6-14)18-10-16(22)20-19-9-11-8-12(17)2-7-15(11)21/h2-9,18,21H,10H2,1H3,(H,20,22). The molecule has 0 saturated heterocycles. The summed E-state index contributed by atoms with van der Waals surface area (Å²) in [5.41, 5.74) is 3.57. The second-order valence-corrected chi connectivity index (χ2v) is 5.01.